The number of imide groups is 1. The minimum Gasteiger partial charge on any atom is -0.270 e. The van der Waals surface area contributed by atoms with Gasteiger partial charge in [0.2, 0.25) is 0 Å². The van der Waals surface area contributed by atoms with Crippen LogP contribution in [0.15, 0.2) is 77.3 Å². The number of carbonyl (C=O) groups is 2. The SMILES string of the molecule is O=C(c1ccccc1Br)N1Cc2ccccc2-c2ccccc2C1=O. The van der Waals surface area contributed by atoms with Gasteiger partial charge in [0.1, 0.15) is 0 Å². The van der Waals surface area contributed by atoms with Gasteiger partial charge in [0.05, 0.1) is 12.1 Å². The summed E-state index contributed by atoms with van der Waals surface area (Å²) in [6, 6.07) is 22.4. The summed E-state index contributed by atoms with van der Waals surface area (Å²) < 4.78 is 0.679. The van der Waals surface area contributed by atoms with Gasteiger partial charge < -0.3 is 0 Å². The highest BCUT2D eigenvalue weighted by molar-refractivity contribution is 9.10. The first kappa shape index (κ1) is 15.8. The molecular formula is C21H14BrNO2. The molecule has 122 valence electrons. The Morgan fingerprint density at radius 3 is 2.16 bits per heavy atom. The molecule has 1 aliphatic rings. The molecule has 0 fully saturated rings. The second-order valence-corrected chi connectivity index (χ2v) is 6.73. The standard InChI is InChI=1S/C21H14BrNO2/c22-19-12-6-5-11-18(19)21(25)23-13-14-7-1-2-8-15(14)16-9-3-4-10-17(16)20(23)24/h1-12H,13H2. The summed E-state index contributed by atoms with van der Waals surface area (Å²) in [6.45, 7) is 0.254. The van der Waals surface area contributed by atoms with Gasteiger partial charge in [0, 0.05) is 10.0 Å². The number of fused-ring (bicyclic) bond motifs is 3. The molecule has 0 unspecified atom stereocenters. The summed E-state index contributed by atoms with van der Waals surface area (Å²) in [6.07, 6.45) is 0. The first-order chi connectivity index (χ1) is 12.2. The lowest BCUT2D eigenvalue weighted by Crippen LogP contribution is -2.35. The van der Waals surface area contributed by atoms with Gasteiger partial charge in [-0.2, -0.15) is 0 Å². The van der Waals surface area contributed by atoms with Crippen molar-refractivity contribution in [3.05, 3.63) is 94.0 Å². The van der Waals surface area contributed by atoms with Gasteiger partial charge in [0.25, 0.3) is 11.8 Å². The van der Waals surface area contributed by atoms with Crippen molar-refractivity contribution in [2.45, 2.75) is 6.54 Å². The van der Waals surface area contributed by atoms with Crippen LogP contribution in [0.4, 0.5) is 0 Å². The third-order valence-electron chi connectivity index (χ3n) is 4.39. The van der Waals surface area contributed by atoms with Crippen molar-refractivity contribution in [2.24, 2.45) is 0 Å². The molecule has 1 heterocycles. The summed E-state index contributed by atoms with van der Waals surface area (Å²) in [7, 11) is 0. The van der Waals surface area contributed by atoms with E-state index in [2.05, 4.69) is 15.9 Å². The molecule has 2 amide bonds. The lowest BCUT2D eigenvalue weighted by molar-refractivity contribution is 0.0606. The van der Waals surface area contributed by atoms with E-state index in [1.807, 2.05) is 48.5 Å². The zero-order valence-corrected chi connectivity index (χ0v) is 14.9. The largest absolute Gasteiger partial charge is 0.270 e. The Hall–Kier alpha value is -2.72. The third-order valence-corrected chi connectivity index (χ3v) is 5.08. The number of amides is 2. The predicted molar refractivity (Wildman–Crippen MR) is 100 cm³/mol. The van der Waals surface area contributed by atoms with Crippen LogP contribution >= 0.6 is 15.9 Å². The summed E-state index contributed by atoms with van der Waals surface area (Å²) >= 11 is 3.41. The predicted octanol–water partition coefficient (Wildman–Crippen LogP) is 4.91. The van der Waals surface area contributed by atoms with E-state index < -0.39 is 0 Å². The van der Waals surface area contributed by atoms with Crippen molar-refractivity contribution in [1.82, 2.24) is 4.90 Å². The number of carbonyl (C=O) groups excluding carboxylic acids is 2. The highest BCUT2D eigenvalue weighted by atomic mass is 79.9. The Kier molecular flexibility index (Phi) is 3.98. The molecule has 0 bridgehead atoms. The molecular weight excluding hydrogens is 378 g/mol. The fourth-order valence-electron chi connectivity index (χ4n) is 3.16. The van der Waals surface area contributed by atoms with Crippen LogP contribution in [0.2, 0.25) is 0 Å². The van der Waals surface area contributed by atoms with E-state index in [9.17, 15) is 9.59 Å². The van der Waals surface area contributed by atoms with Crippen molar-refractivity contribution < 1.29 is 9.59 Å². The van der Waals surface area contributed by atoms with Crippen molar-refractivity contribution in [3.63, 3.8) is 0 Å². The van der Waals surface area contributed by atoms with Crippen LogP contribution in [-0.4, -0.2) is 16.7 Å². The van der Waals surface area contributed by atoms with Gasteiger partial charge in [-0.15, -0.1) is 0 Å². The summed E-state index contributed by atoms with van der Waals surface area (Å²) in [5.41, 5.74) is 3.85. The number of nitrogens with zero attached hydrogens (tertiary/aromatic N) is 1. The summed E-state index contributed by atoms with van der Waals surface area (Å²) in [5, 5.41) is 0. The van der Waals surface area contributed by atoms with Gasteiger partial charge in [-0.1, -0.05) is 54.6 Å². The van der Waals surface area contributed by atoms with Crippen LogP contribution < -0.4 is 0 Å². The Morgan fingerprint density at radius 1 is 0.800 bits per heavy atom. The number of halogens is 1. The Balaban J connectivity index is 1.88. The average Bonchev–Trinajstić information content (AvgIpc) is 2.77. The van der Waals surface area contributed by atoms with E-state index in [-0.39, 0.29) is 18.4 Å². The molecule has 3 aromatic rings. The molecule has 0 atom stereocenters. The number of benzene rings is 3. The number of hydrogen-bond acceptors (Lipinski definition) is 2. The molecule has 0 saturated heterocycles. The van der Waals surface area contributed by atoms with Gasteiger partial charge in [0.15, 0.2) is 0 Å². The van der Waals surface area contributed by atoms with Crippen molar-refractivity contribution in [1.29, 1.82) is 0 Å². The molecule has 0 N–H and O–H groups in total. The van der Waals surface area contributed by atoms with Crippen LogP contribution in [0, 0.1) is 0 Å². The van der Waals surface area contributed by atoms with E-state index in [0.717, 1.165) is 16.7 Å². The van der Waals surface area contributed by atoms with Gasteiger partial charge in [-0.05, 0) is 50.8 Å². The molecule has 0 aliphatic carbocycles. The van der Waals surface area contributed by atoms with E-state index in [0.29, 0.717) is 15.6 Å². The van der Waals surface area contributed by atoms with Gasteiger partial charge >= 0.3 is 0 Å². The molecule has 4 rings (SSSR count). The first-order valence-corrected chi connectivity index (χ1v) is 8.74. The maximum Gasteiger partial charge on any atom is 0.262 e. The zero-order chi connectivity index (χ0) is 17.4. The quantitative estimate of drug-likeness (QED) is 0.552. The molecule has 0 spiro atoms. The Morgan fingerprint density at radius 2 is 1.40 bits per heavy atom. The topological polar surface area (TPSA) is 37.4 Å². The molecule has 3 aromatic carbocycles. The lowest BCUT2D eigenvalue weighted by atomic mass is 9.97. The second kappa shape index (κ2) is 6.30. The van der Waals surface area contributed by atoms with Crippen molar-refractivity contribution in [2.75, 3.05) is 0 Å². The minimum absolute atomic E-state index is 0.254. The summed E-state index contributed by atoms with van der Waals surface area (Å²) in [5.74, 6) is -0.573. The van der Waals surface area contributed by atoms with E-state index in [1.165, 1.54) is 4.90 Å². The highest BCUT2D eigenvalue weighted by Gasteiger charge is 2.30. The molecule has 0 aromatic heterocycles. The Labute approximate surface area is 154 Å². The highest BCUT2D eigenvalue weighted by Crippen LogP contribution is 2.33. The molecule has 25 heavy (non-hydrogen) atoms. The van der Waals surface area contributed by atoms with Crippen molar-refractivity contribution in [3.8, 4) is 11.1 Å². The van der Waals surface area contributed by atoms with E-state index in [4.69, 9.17) is 0 Å². The van der Waals surface area contributed by atoms with E-state index in [1.54, 1.807) is 24.3 Å². The third kappa shape index (κ3) is 2.68. The van der Waals surface area contributed by atoms with Gasteiger partial charge in [-0.25, -0.2) is 0 Å². The van der Waals surface area contributed by atoms with Crippen LogP contribution in [0.1, 0.15) is 26.3 Å². The average molecular weight is 392 g/mol. The van der Waals surface area contributed by atoms with Crippen LogP contribution in [-0.2, 0) is 6.54 Å². The fourth-order valence-corrected chi connectivity index (χ4v) is 3.61. The van der Waals surface area contributed by atoms with Crippen molar-refractivity contribution >= 4 is 27.7 Å². The fraction of sp³-hybridized carbons (Fsp3) is 0.0476. The second-order valence-electron chi connectivity index (χ2n) is 5.88. The smallest absolute Gasteiger partial charge is 0.262 e. The molecule has 0 radical (unpaired) electrons. The van der Waals surface area contributed by atoms with Gasteiger partial charge in [-0.3, -0.25) is 14.5 Å². The maximum atomic E-state index is 13.1. The molecule has 4 heteroatoms. The maximum absolute atomic E-state index is 13.1. The Bertz CT molecular complexity index is 996. The number of hydrogen-bond donors (Lipinski definition) is 0. The zero-order valence-electron chi connectivity index (χ0n) is 13.3. The summed E-state index contributed by atoms with van der Waals surface area (Å²) in [4.78, 5) is 27.5. The van der Waals surface area contributed by atoms with Crippen LogP contribution in [0.5, 0.6) is 0 Å². The minimum atomic E-state index is -0.302. The van der Waals surface area contributed by atoms with Crippen LogP contribution in [0.3, 0.4) is 0 Å². The monoisotopic (exact) mass is 391 g/mol. The molecule has 1 aliphatic heterocycles. The molecule has 3 nitrogen and oxygen atoms in total. The number of rotatable bonds is 1. The normalized spacial score (nSPS) is 13.0. The first-order valence-electron chi connectivity index (χ1n) is 7.95. The molecule has 0 saturated carbocycles. The lowest BCUT2D eigenvalue weighted by Gasteiger charge is -2.20. The van der Waals surface area contributed by atoms with E-state index >= 15 is 0 Å². The van der Waals surface area contributed by atoms with Crippen LogP contribution in [0.25, 0.3) is 11.1 Å².